The maximum atomic E-state index is 11.6. The number of hydrogen-bond donors (Lipinski definition) is 2. The molecule has 3 N–H and O–H groups in total. The van der Waals surface area contributed by atoms with E-state index in [4.69, 9.17) is 29.0 Å². The van der Waals surface area contributed by atoms with Crippen LogP contribution < -0.4 is 5.14 Å². The number of nitrogens with zero attached hydrogens (tertiary/aromatic N) is 1. The van der Waals surface area contributed by atoms with E-state index >= 15 is 0 Å². The molecular formula is C12H15ClN2O3S3. The Kier molecular flexibility index (Phi) is 4.59. The SMILES string of the molecule is CCC1SC(=S)N(C)C1(O)c1ccc(Cl)c(S(N)(=O)=O)c1. The predicted molar refractivity (Wildman–Crippen MR) is 88.8 cm³/mol. The van der Waals surface area contributed by atoms with Gasteiger partial charge < -0.3 is 10.0 Å². The van der Waals surface area contributed by atoms with Crippen LogP contribution in [0.5, 0.6) is 0 Å². The van der Waals surface area contributed by atoms with E-state index < -0.39 is 15.7 Å². The van der Waals surface area contributed by atoms with Crippen molar-refractivity contribution in [2.75, 3.05) is 7.05 Å². The smallest absolute Gasteiger partial charge is 0.239 e. The van der Waals surface area contributed by atoms with Crippen molar-refractivity contribution in [3.05, 3.63) is 28.8 Å². The highest BCUT2D eigenvalue weighted by Gasteiger charge is 2.49. The molecule has 0 amide bonds. The van der Waals surface area contributed by atoms with Gasteiger partial charge >= 0.3 is 0 Å². The fourth-order valence-electron chi connectivity index (χ4n) is 2.34. The Balaban J connectivity index is 2.63. The molecule has 0 spiro atoms. The molecule has 1 saturated heterocycles. The molecule has 1 aliphatic rings. The number of benzene rings is 1. The number of primary sulfonamides is 1. The first-order valence-electron chi connectivity index (χ1n) is 6.12. The van der Waals surface area contributed by atoms with Crippen LogP contribution in [0.4, 0.5) is 0 Å². The van der Waals surface area contributed by atoms with Crippen molar-refractivity contribution >= 4 is 49.9 Å². The number of rotatable bonds is 3. The van der Waals surface area contributed by atoms with Crippen LogP contribution in [-0.4, -0.2) is 35.0 Å². The average Bonchev–Trinajstić information content (AvgIpc) is 2.62. The summed E-state index contributed by atoms with van der Waals surface area (Å²) in [7, 11) is -2.29. The van der Waals surface area contributed by atoms with Crippen molar-refractivity contribution in [1.29, 1.82) is 0 Å². The van der Waals surface area contributed by atoms with E-state index in [1.54, 1.807) is 18.0 Å². The highest BCUT2D eigenvalue weighted by Crippen LogP contribution is 2.46. The Bertz CT molecular complexity index is 695. The van der Waals surface area contributed by atoms with Gasteiger partial charge in [-0.3, -0.25) is 0 Å². The zero-order valence-electron chi connectivity index (χ0n) is 11.4. The van der Waals surface area contributed by atoms with Gasteiger partial charge in [-0.2, -0.15) is 0 Å². The van der Waals surface area contributed by atoms with Gasteiger partial charge in [-0.25, -0.2) is 13.6 Å². The summed E-state index contributed by atoms with van der Waals surface area (Å²) in [6, 6.07) is 4.32. The topological polar surface area (TPSA) is 83.6 Å². The van der Waals surface area contributed by atoms with Crippen LogP contribution >= 0.6 is 35.6 Å². The van der Waals surface area contributed by atoms with Crippen LogP contribution in [0.2, 0.25) is 5.02 Å². The normalized spacial score (nSPS) is 26.4. The molecule has 5 nitrogen and oxygen atoms in total. The van der Waals surface area contributed by atoms with E-state index in [1.165, 1.54) is 23.9 Å². The molecule has 21 heavy (non-hydrogen) atoms. The van der Waals surface area contributed by atoms with Gasteiger partial charge in [0.1, 0.15) is 9.22 Å². The minimum Gasteiger partial charge on any atom is -0.366 e. The van der Waals surface area contributed by atoms with E-state index in [1.807, 2.05) is 6.92 Å². The summed E-state index contributed by atoms with van der Waals surface area (Å²) in [5.41, 5.74) is -0.988. The lowest BCUT2D eigenvalue weighted by atomic mass is 9.96. The number of thioether (sulfide) groups is 1. The van der Waals surface area contributed by atoms with Gasteiger partial charge in [0.15, 0.2) is 5.72 Å². The Morgan fingerprint density at radius 1 is 1.57 bits per heavy atom. The summed E-state index contributed by atoms with van der Waals surface area (Å²) in [6.07, 6.45) is 0.666. The third-order valence-electron chi connectivity index (χ3n) is 3.51. The molecular weight excluding hydrogens is 352 g/mol. The maximum Gasteiger partial charge on any atom is 0.239 e. The van der Waals surface area contributed by atoms with Crippen molar-refractivity contribution < 1.29 is 13.5 Å². The van der Waals surface area contributed by atoms with Crippen LogP contribution in [0.15, 0.2) is 23.1 Å². The summed E-state index contributed by atoms with van der Waals surface area (Å²) in [5.74, 6) is 0. The molecule has 2 atom stereocenters. The third-order valence-corrected chi connectivity index (χ3v) is 6.89. The number of halogens is 1. The largest absolute Gasteiger partial charge is 0.366 e. The fourth-order valence-corrected chi connectivity index (χ4v) is 5.06. The second-order valence-corrected chi connectivity index (χ2v) is 8.53. The molecule has 0 aromatic heterocycles. The molecule has 1 aliphatic heterocycles. The highest BCUT2D eigenvalue weighted by atomic mass is 35.5. The molecule has 1 heterocycles. The van der Waals surface area contributed by atoms with Gasteiger partial charge in [0, 0.05) is 12.6 Å². The predicted octanol–water partition coefficient (Wildman–Crippen LogP) is 1.87. The van der Waals surface area contributed by atoms with Gasteiger partial charge in [0.25, 0.3) is 0 Å². The second kappa shape index (κ2) is 5.68. The maximum absolute atomic E-state index is 11.6. The summed E-state index contributed by atoms with van der Waals surface area (Å²) in [6.45, 7) is 1.93. The second-order valence-electron chi connectivity index (χ2n) is 4.76. The molecule has 0 bridgehead atoms. The molecule has 1 aromatic rings. The first kappa shape index (κ1) is 17.0. The number of aliphatic hydroxyl groups is 1. The van der Waals surface area contributed by atoms with Crippen molar-refractivity contribution in [2.24, 2.45) is 5.14 Å². The summed E-state index contributed by atoms with van der Waals surface area (Å²) in [4.78, 5) is 1.36. The van der Waals surface area contributed by atoms with Crippen molar-refractivity contribution in [3.8, 4) is 0 Å². The van der Waals surface area contributed by atoms with Crippen LogP contribution in [-0.2, 0) is 15.7 Å². The van der Waals surface area contributed by atoms with Crippen LogP contribution in [0.25, 0.3) is 0 Å². The lowest BCUT2D eigenvalue weighted by Crippen LogP contribution is -2.46. The van der Waals surface area contributed by atoms with Crippen molar-refractivity contribution in [1.82, 2.24) is 4.90 Å². The van der Waals surface area contributed by atoms with Crippen LogP contribution in [0.1, 0.15) is 18.9 Å². The quantitative estimate of drug-likeness (QED) is 0.794. The lowest BCUT2D eigenvalue weighted by molar-refractivity contribution is -0.0582. The van der Waals surface area contributed by atoms with Crippen LogP contribution in [0.3, 0.4) is 0 Å². The fraction of sp³-hybridized carbons (Fsp3) is 0.417. The average molecular weight is 367 g/mol. The van der Waals surface area contributed by atoms with Gasteiger partial charge in [0.2, 0.25) is 10.0 Å². The highest BCUT2D eigenvalue weighted by molar-refractivity contribution is 8.23. The molecule has 0 radical (unpaired) electrons. The lowest BCUT2D eigenvalue weighted by Gasteiger charge is -2.35. The summed E-state index contributed by atoms with van der Waals surface area (Å²) >= 11 is 12.5. The number of sulfonamides is 1. The monoisotopic (exact) mass is 366 g/mol. The molecule has 1 aromatic carbocycles. The summed E-state index contributed by atoms with van der Waals surface area (Å²) < 4.78 is 23.7. The minimum absolute atomic E-state index is 0.0220. The summed E-state index contributed by atoms with van der Waals surface area (Å²) in [5, 5.41) is 16.1. The Hall–Kier alpha value is -0.380. The Morgan fingerprint density at radius 2 is 2.19 bits per heavy atom. The zero-order chi connectivity index (χ0) is 16.0. The Morgan fingerprint density at radius 3 is 2.71 bits per heavy atom. The van der Waals surface area contributed by atoms with E-state index in [0.717, 1.165) is 0 Å². The van der Waals surface area contributed by atoms with E-state index in [0.29, 0.717) is 16.3 Å². The molecule has 0 aliphatic carbocycles. The van der Waals surface area contributed by atoms with Gasteiger partial charge in [-0.05, 0) is 18.6 Å². The number of hydrogen-bond acceptors (Lipinski definition) is 5. The zero-order valence-corrected chi connectivity index (χ0v) is 14.6. The van der Waals surface area contributed by atoms with Crippen molar-refractivity contribution in [3.63, 3.8) is 0 Å². The van der Waals surface area contributed by atoms with E-state index in [9.17, 15) is 13.5 Å². The first-order valence-corrected chi connectivity index (χ1v) is 9.33. The molecule has 2 rings (SSSR count). The standard InChI is InChI=1S/C12H15ClN2O3S3/c1-3-10-12(16,15(2)11(19)20-10)7-4-5-8(13)9(6-7)21(14,17)18/h4-6,10,16H,3H2,1-2H3,(H2,14,17,18). The van der Waals surface area contributed by atoms with Crippen molar-refractivity contribution in [2.45, 2.75) is 29.2 Å². The first-order chi connectivity index (χ1) is 9.62. The van der Waals surface area contributed by atoms with Gasteiger partial charge in [-0.1, -0.05) is 48.6 Å². The van der Waals surface area contributed by atoms with E-state index in [2.05, 4.69) is 0 Å². The number of nitrogens with two attached hydrogens (primary N) is 1. The van der Waals surface area contributed by atoms with Crippen LogP contribution in [0, 0.1) is 0 Å². The molecule has 1 fully saturated rings. The van der Waals surface area contributed by atoms with Gasteiger partial charge in [0.05, 0.1) is 10.3 Å². The molecule has 116 valence electrons. The molecule has 0 saturated carbocycles. The molecule has 2 unspecified atom stereocenters. The third kappa shape index (κ3) is 2.80. The Labute approximate surface area is 138 Å². The van der Waals surface area contributed by atoms with E-state index in [-0.39, 0.29) is 15.2 Å². The number of thiocarbonyl (C=S) groups is 1. The van der Waals surface area contributed by atoms with Gasteiger partial charge in [-0.15, -0.1) is 0 Å². The molecule has 9 heteroatoms. The minimum atomic E-state index is -3.97.